The summed E-state index contributed by atoms with van der Waals surface area (Å²) < 4.78 is 0. The van der Waals surface area contributed by atoms with Crippen LogP contribution >= 0.6 is 0 Å². The molecule has 2 rings (SSSR count). The van der Waals surface area contributed by atoms with Gasteiger partial charge < -0.3 is 15.7 Å². The van der Waals surface area contributed by atoms with Crippen molar-refractivity contribution in [2.45, 2.75) is 58.4 Å². The van der Waals surface area contributed by atoms with Gasteiger partial charge in [0, 0.05) is 18.3 Å². The summed E-state index contributed by atoms with van der Waals surface area (Å²) in [5.41, 5.74) is 3.24. The second-order valence-corrected chi connectivity index (χ2v) is 6.74. The summed E-state index contributed by atoms with van der Waals surface area (Å²) in [4.78, 5) is 12.2. The third-order valence-corrected chi connectivity index (χ3v) is 4.97. The summed E-state index contributed by atoms with van der Waals surface area (Å²) in [6, 6.07) is 6.20. The Balaban J connectivity index is 1.84. The molecule has 0 saturated heterocycles. The van der Waals surface area contributed by atoms with Crippen LogP contribution in [-0.4, -0.2) is 30.2 Å². The van der Waals surface area contributed by atoms with Crippen molar-refractivity contribution in [2.24, 2.45) is 5.92 Å². The van der Waals surface area contributed by atoms with E-state index in [9.17, 15) is 9.90 Å². The Morgan fingerprint density at radius 2 is 1.96 bits per heavy atom. The lowest BCUT2D eigenvalue weighted by molar-refractivity contribution is -0.115. The molecule has 0 heterocycles. The number of hydrogen-bond donors (Lipinski definition) is 3. The highest BCUT2D eigenvalue weighted by molar-refractivity contribution is 5.92. The molecule has 3 N–H and O–H groups in total. The molecule has 1 amide bonds. The molecule has 0 aliphatic heterocycles. The average molecular weight is 318 g/mol. The van der Waals surface area contributed by atoms with Crippen molar-refractivity contribution >= 4 is 11.6 Å². The monoisotopic (exact) mass is 318 g/mol. The number of benzene rings is 1. The van der Waals surface area contributed by atoms with Crippen molar-refractivity contribution in [2.75, 3.05) is 18.5 Å². The fraction of sp³-hybridized carbons (Fsp3) is 0.632. The second-order valence-electron chi connectivity index (χ2n) is 6.74. The number of hydrogen-bond acceptors (Lipinski definition) is 3. The van der Waals surface area contributed by atoms with E-state index < -0.39 is 0 Å². The van der Waals surface area contributed by atoms with E-state index in [1.165, 1.54) is 43.2 Å². The first kappa shape index (κ1) is 18.0. The van der Waals surface area contributed by atoms with Crippen molar-refractivity contribution in [3.05, 3.63) is 29.3 Å². The lowest BCUT2D eigenvalue weighted by atomic mass is 9.83. The fourth-order valence-electron chi connectivity index (χ4n) is 3.43. The van der Waals surface area contributed by atoms with Crippen LogP contribution in [0.3, 0.4) is 0 Å². The van der Waals surface area contributed by atoms with Crippen LogP contribution in [0.2, 0.25) is 0 Å². The lowest BCUT2D eigenvalue weighted by Gasteiger charge is -2.30. The molecular weight excluding hydrogens is 288 g/mol. The van der Waals surface area contributed by atoms with Gasteiger partial charge in [-0.05, 0) is 62.3 Å². The van der Waals surface area contributed by atoms with Crippen LogP contribution in [-0.2, 0) is 4.79 Å². The molecule has 1 aromatic rings. The minimum atomic E-state index is -0.0213. The first-order chi connectivity index (χ1) is 11.1. The Labute approximate surface area is 139 Å². The minimum Gasteiger partial charge on any atom is -0.396 e. The molecule has 1 aliphatic carbocycles. The zero-order chi connectivity index (χ0) is 16.7. The van der Waals surface area contributed by atoms with Gasteiger partial charge in [-0.3, -0.25) is 4.79 Å². The summed E-state index contributed by atoms with van der Waals surface area (Å²) in [5, 5.41) is 15.6. The van der Waals surface area contributed by atoms with E-state index in [1.807, 2.05) is 25.1 Å². The molecule has 1 fully saturated rings. The molecule has 0 aromatic heterocycles. The van der Waals surface area contributed by atoms with Crippen LogP contribution in [0.5, 0.6) is 0 Å². The first-order valence-corrected chi connectivity index (χ1v) is 8.81. The molecule has 4 heteroatoms. The molecule has 1 aromatic carbocycles. The van der Waals surface area contributed by atoms with Gasteiger partial charge in [-0.2, -0.15) is 0 Å². The molecule has 0 unspecified atom stereocenters. The van der Waals surface area contributed by atoms with Crippen LogP contribution in [0.4, 0.5) is 5.69 Å². The molecule has 1 atom stereocenters. The maximum Gasteiger partial charge on any atom is 0.238 e. The number of aliphatic hydroxyl groups excluding tert-OH is 1. The summed E-state index contributed by atoms with van der Waals surface area (Å²) in [6.45, 7) is 4.58. The normalized spacial score (nSPS) is 17.0. The molecular formula is C19H30N2O2. The summed E-state index contributed by atoms with van der Waals surface area (Å²) >= 11 is 0. The lowest BCUT2D eigenvalue weighted by Crippen LogP contribution is -2.42. The molecule has 0 bridgehead atoms. The summed E-state index contributed by atoms with van der Waals surface area (Å²) in [7, 11) is 0. The van der Waals surface area contributed by atoms with Gasteiger partial charge in [0.05, 0.1) is 6.54 Å². The largest absolute Gasteiger partial charge is 0.396 e. The molecule has 0 spiro atoms. The molecule has 23 heavy (non-hydrogen) atoms. The van der Waals surface area contributed by atoms with Crippen molar-refractivity contribution in [1.82, 2.24) is 5.32 Å². The van der Waals surface area contributed by atoms with Crippen molar-refractivity contribution in [3.63, 3.8) is 0 Å². The van der Waals surface area contributed by atoms with E-state index in [0.29, 0.717) is 12.5 Å². The fourth-order valence-corrected chi connectivity index (χ4v) is 3.43. The highest BCUT2D eigenvalue weighted by Gasteiger charge is 2.23. The number of carbonyl (C=O) groups is 1. The molecule has 4 nitrogen and oxygen atoms in total. The third-order valence-electron chi connectivity index (χ3n) is 4.97. The quantitative estimate of drug-likeness (QED) is 0.724. The third kappa shape index (κ3) is 5.63. The van der Waals surface area contributed by atoms with Crippen LogP contribution in [0.15, 0.2) is 18.2 Å². The molecule has 1 saturated carbocycles. The van der Waals surface area contributed by atoms with E-state index >= 15 is 0 Å². The van der Waals surface area contributed by atoms with Crippen molar-refractivity contribution in [1.29, 1.82) is 0 Å². The topological polar surface area (TPSA) is 61.4 Å². The number of aliphatic hydroxyl groups is 1. The van der Waals surface area contributed by atoms with Crippen LogP contribution < -0.4 is 10.6 Å². The van der Waals surface area contributed by atoms with E-state index in [0.717, 1.165) is 12.1 Å². The number of anilines is 1. The van der Waals surface area contributed by atoms with Crippen LogP contribution in [0.1, 0.15) is 49.7 Å². The standard InChI is InChI=1S/C19H30N2O2/c1-14-8-9-17(12-15(14)2)21-19(23)13-20-18(10-11-22)16-6-4-3-5-7-16/h8-9,12,16,18,20,22H,3-7,10-11,13H2,1-2H3,(H,21,23)/t18-/m0/s1. The maximum atomic E-state index is 12.2. The van der Waals surface area contributed by atoms with Gasteiger partial charge in [-0.1, -0.05) is 25.3 Å². The van der Waals surface area contributed by atoms with Crippen LogP contribution in [0.25, 0.3) is 0 Å². The Bertz CT molecular complexity index is 510. The zero-order valence-electron chi connectivity index (χ0n) is 14.4. The Morgan fingerprint density at radius 1 is 1.22 bits per heavy atom. The van der Waals surface area contributed by atoms with E-state index in [-0.39, 0.29) is 18.6 Å². The zero-order valence-corrected chi connectivity index (χ0v) is 14.4. The predicted molar refractivity (Wildman–Crippen MR) is 94.6 cm³/mol. The Kier molecular flexibility index (Phi) is 7.06. The van der Waals surface area contributed by atoms with E-state index in [1.54, 1.807) is 0 Å². The number of nitrogens with one attached hydrogen (secondary N) is 2. The Morgan fingerprint density at radius 3 is 2.61 bits per heavy atom. The number of carbonyl (C=O) groups excluding carboxylic acids is 1. The second kappa shape index (κ2) is 9.04. The number of aryl methyl sites for hydroxylation is 2. The van der Waals surface area contributed by atoms with Gasteiger partial charge in [0.2, 0.25) is 5.91 Å². The van der Waals surface area contributed by atoms with E-state index in [2.05, 4.69) is 17.6 Å². The smallest absolute Gasteiger partial charge is 0.238 e. The maximum absolute atomic E-state index is 12.2. The van der Waals surface area contributed by atoms with Crippen molar-refractivity contribution in [3.8, 4) is 0 Å². The van der Waals surface area contributed by atoms with Crippen molar-refractivity contribution < 1.29 is 9.90 Å². The molecule has 128 valence electrons. The average Bonchev–Trinajstić information content (AvgIpc) is 2.56. The predicted octanol–water partition coefficient (Wildman–Crippen LogP) is 3.16. The number of rotatable bonds is 7. The summed E-state index contributed by atoms with van der Waals surface area (Å²) in [5.74, 6) is 0.567. The van der Waals surface area contributed by atoms with E-state index in [4.69, 9.17) is 0 Å². The first-order valence-electron chi connectivity index (χ1n) is 8.81. The van der Waals surface area contributed by atoms with Gasteiger partial charge in [0.1, 0.15) is 0 Å². The highest BCUT2D eigenvalue weighted by Crippen LogP contribution is 2.27. The van der Waals surface area contributed by atoms with Crippen LogP contribution in [0, 0.1) is 19.8 Å². The van der Waals surface area contributed by atoms with Gasteiger partial charge in [-0.25, -0.2) is 0 Å². The Hall–Kier alpha value is -1.39. The van der Waals surface area contributed by atoms with Gasteiger partial charge in [0.25, 0.3) is 0 Å². The minimum absolute atomic E-state index is 0.0213. The molecule has 0 radical (unpaired) electrons. The van der Waals surface area contributed by atoms with Gasteiger partial charge in [-0.15, -0.1) is 0 Å². The van der Waals surface area contributed by atoms with Gasteiger partial charge in [0.15, 0.2) is 0 Å². The number of amides is 1. The highest BCUT2D eigenvalue weighted by atomic mass is 16.3. The molecule has 1 aliphatic rings. The van der Waals surface area contributed by atoms with Gasteiger partial charge >= 0.3 is 0 Å². The SMILES string of the molecule is Cc1ccc(NC(=O)CN[C@@H](CCO)C2CCCCC2)cc1C. The summed E-state index contributed by atoms with van der Waals surface area (Å²) in [6.07, 6.45) is 6.98.